The molecule has 0 aliphatic heterocycles. The van der Waals surface area contributed by atoms with Crippen LogP contribution in [0, 0.1) is 17.7 Å². The molecule has 1 fully saturated rings. The minimum atomic E-state index is -2.59. The minimum Gasteiger partial charge on any atom is -0.465 e. The highest BCUT2D eigenvalue weighted by Crippen LogP contribution is 2.44. The van der Waals surface area contributed by atoms with Gasteiger partial charge in [-0.1, -0.05) is 39.4 Å². The van der Waals surface area contributed by atoms with Crippen molar-refractivity contribution < 1.29 is 23.2 Å². The molecule has 1 aromatic carbocycles. The Kier molecular flexibility index (Phi) is 9.59. The van der Waals surface area contributed by atoms with Crippen LogP contribution in [0.15, 0.2) is 16.5 Å². The van der Waals surface area contributed by atoms with Crippen LogP contribution in [-0.4, -0.2) is 62.6 Å². The molecule has 0 saturated heterocycles. The third kappa shape index (κ3) is 8.04. The Bertz CT molecular complexity index is 1290. The Hall–Kier alpha value is -1.98. The van der Waals surface area contributed by atoms with Crippen LogP contribution in [0.1, 0.15) is 65.2 Å². The van der Waals surface area contributed by atoms with Crippen molar-refractivity contribution in [1.29, 1.82) is 0 Å². The average molecular weight is 583 g/mol. The Morgan fingerprint density at radius 2 is 1.87 bits per heavy atom. The van der Waals surface area contributed by atoms with Crippen molar-refractivity contribution in [1.82, 2.24) is 14.5 Å². The molecule has 1 atom stereocenters. The van der Waals surface area contributed by atoms with Crippen molar-refractivity contribution in [3.63, 3.8) is 0 Å². The van der Waals surface area contributed by atoms with Gasteiger partial charge in [0, 0.05) is 42.5 Å². The number of imidazole rings is 1. The molecule has 0 spiro atoms. The summed E-state index contributed by atoms with van der Waals surface area (Å²) in [6, 6.07) is 3.64. The third-order valence-corrected chi connectivity index (χ3v) is 9.72. The lowest BCUT2D eigenvalue weighted by Gasteiger charge is -2.44. The van der Waals surface area contributed by atoms with Gasteiger partial charge in [0.25, 0.3) is 0 Å². The lowest BCUT2D eigenvalue weighted by Crippen LogP contribution is -2.50. The minimum absolute atomic E-state index is 0.0118. The van der Waals surface area contributed by atoms with E-state index in [0.29, 0.717) is 23.9 Å². The van der Waals surface area contributed by atoms with Gasteiger partial charge in [0.1, 0.15) is 23.8 Å². The predicted molar refractivity (Wildman–Crippen MR) is 159 cm³/mol. The van der Waals surface area contributed by atoms with Gasteiger partial charge in [-0.25, -0.2) is 18.4 Å². The number of nitrogens with zero attached hydrogens (tertiary/aromatic N) is 4. The summed E-state index contributed by atoms with van der Waals surface area (Å²) < 4.78 is 40.2. The zero-order valence-electron chi connectivity index (χ0n) is 25.1. The number of amides is 1. The fourth-order valence-corrected chi connectivity index (χ4v) is 6.70. The third-order valence-electron chi connectivity index (χ3n) is 7.38. The molecule has 1 saturated carbocycles. The number of halogens is 1. The maximum Gasteiger partial charge on any atom is 0.408 e. The Morgan fingerprint density at radius 3 is 2.38 bits per heavy atom. The van der Waals surface area contributed by atoms with E-state index in [-0.39, 0.29) is 23.9 Å². The molecule has 1 amide bonds. The summed E-state index contributed by atoms with van der Waals surface area (Å²) in [5.74, 6) is 0.448. The van der Waals surface area contributed by atoms with Gasteiger partial charge in [0.05, 0.1) is 11.6 Å². The van der Waals surface area contributed by atoms with Crippen LogP contribution in [0.2, 0.25) is 25.7 Å². The van der Waals surface area contributed by atoms with E-state index in [4.69, 9.17) is 9.72 Å². The van der Waals surface area contributed by atoms with Gasteiger partial charge < -0.3 is 14.4 Å². The number of carboxylic acid groups (broad SMARTS) is 1. The second kappa shape index (κ2) is 11.9. The molecule has 1 aliphatic rings. The van der Waals surface area contributed by atoms with Crippen LogP contribution >= 0.6 is 0 Å². The van der Waals surface area contributed by atoms with Crippen molar-refractivity contribution in [3.05, 3.63) is 23.8 Å². The summed E-state index contributed by atoms with van der Waals surface area (Å²) in [6.45, 7) is 15.4. The van der Waals surface area contributed by atoms with E-state index in [1.165, 1.54) is 23.5 Å². The smallest absolute Gasteiger partial charge is 0.408 e. The van der Waals surface area contributed by atoms with Gasteiger partial charge >= 0.3 is 6.09 Å². The highest BCUT2D eigenvalue weighted by molar-refractivity contribution is 7.92. The molecule has 220 valence electrons. The van der Waals surface area contributed by atoms with Crippen LogP contribution in [0.4, 0.5) is 14.9 Å². The van der Waals surface area contributed by atoms with Crippen molar-refractivity contribution in [2.75, 3.05) is 19.1 Å². The van der Waals surface area contributed by atoms with E-state index < -0.39 is 41.3 Å². The zero-order chi connectivity index (χ0) is 29.3. The second-order valence-electron chi connectivity index (χ2n) is 13.6. The van der Waals surface area contributed by atoms with Gasteiger partial charge in [-0.05, 0) is 63.6 Å². The highest BCUT2D eigenvalue weighted by atomic mass is 32.2. The number of carbonyl (C=O) groups is 1. The van der Waals surface area contributed by atoms with Gasteiger partial charge in [0.2, 0.25) is 0 Å². The molecule has 2 aromatic rings. The number of ether oxygens (including phenoxy) is 1. The molecule has 1 heterocycles. The molecule has 8 nitrogen and oxygen atoms in total. The first kappa shape index (κ1) is 31.5. The standard InChI is InChI=1S/C28H47FN4O4SSi/c1-19-10-12-20(13-11-19)25(33(27(34)35)28(2,3)4)26-30-24-22(32(26)18-37-16-17-39(7,8)9)15-14-21(23(24)29)31-38(5,6)36/h14-15,19-20,25H,10-13,16-18H2,1-9H3,(H,34,35)/t19?,20?,25-/m0/s1. The Morgan fingerprint density at radius 1 is 1.26 bits per heavy atom. The molecule has 1 N–H and O–H groups in total. The monoisotopic (exact) mass is 582 g/mol. The summed E-state index contributed by atoms with van der Waals surface area (Å²) in [4.78, 5) is 19.1. The summed E-state index contributed by atoms with van der Waals surface area (Å²) >= 11 is 0. The van der Waals surface area contributed by atoms with E-state index in [2.05, 4.69) is 30.9 Å². The molecule has 11 heteroatoms. The summed E-state index contributed by atoms with van der Waals surface area (Å²) in [5, 5.41) is 10.5. The average Bonchev–Trinajstić information content (AvgIpc) is 3.14. The first-order valence-electron chi connectivity index (χ1n) is 13.8. The van der Waals surface area contributed by atoms with Crippen LogP contribution < -0.4 is 0 Å². The normalized spacial score (nSPS) is 19.7. The molecular formula is C28H47FN4O4SSi. The van der Waals surface area contributed by atoms with E-state index in [0.717, 1.165) is 31.7 Å². The van der Waals surface area contributed by atoms with Crippen LogP contribution in [-0.2, 0) is 21.2 Å². The lowest BCUT2D eigenvalue weighted by atomic mass is 9.77. The zero-order valence-corrected chi connectivity index (χ0v) is 26.9. The van der Waals surface area contributed by atoms with Crippen molar-refractivity contribution in [3.8, 4) is 0 Å². The van der Waals surface area contributed by atoms with Crippen molar-refractivity contribution >= 4 is 40.6 Å². The Balaban J connectivity index is 2.24. The largest absolute Gasteiger partial charge is 0.465 e. The fraction of sp³-hybridized carbons (Fsp3) is 0.714. The van der Waals surface area contributed by atoms with Crippen molar-refractivity contribution in [2.24, 2.45) is 16.2 Å². The maximum absolute atomic E-state index is 15.8. The number of aromatic nitrogens is 2. The number of fused-ring (bicyclic) bond motifs is 1. The molecular weight excluding hydrogens is 535 g/mol. The predicted octanol–water partition coefficient (Wildman–Crippen LogP) is 7.49. The van der Waals surface area contributed by atoms with Crippen LogP contribution in [0.25, 0.3) is 11.0 Å². The molecule has 0 bridgehead atoms. The fourth-order valence-electron chi connectivity index (χ4n) is 5.33. The lowest BCUT2D eigenvalue weighted by molar-refractivity contribution is 0.0246. The Labute approximate surface area is 234 Å². The van der Waals surface area contributed by atoms with E-state index >= 15 is 4.39 Å². The van der Waals surface area contributed by atoms with E-state index in [9.17, 15) is 14.1 Å². The quantitative estimate of drug-likeness (QED) is 0.244. The van der Waals surface area contributed by atoms with Gasteiger partial charge in [-0.3, -0.25) is 4.90 Å². The van der Waals surface area contributed by atoms with E-state index in [1.807, 2.05) is 25.3 Å². The number of hydrogen-bond acceptors (Lipinski definition) is 5. The van der Waals surface area contributed by atoms with Crippen molar-refractivity contribution in [2.45, 2.75) is 97.4 Å². The summed E-state index contributed by atoms with van der Waals surface area (Å²) in [7, 11) is -3.93. The molecule has 3 rings (SSSR count). The van der Waals surface area contributed by atoms with Crippen LogP contribution in [0.3, 0.4) is 0 Å². The topological polar surface area (TPSA) is 97.0 Å². The maximum atomic E-state index is 15.8. The summed E-state index contributed by atoms with van der Waals surface area (Å²) in [5.41, 5.74) is -0.114. The number of hydrogen-bond donors (Lipinski definition) is 1. The molecule has 1 aliphatic carbocycles. The SMILES string of the molecule is CC1CCC([C@@H](c2nc3c(F)c(N=S(C)(C)=O)ccc3n2COCC[Si](C)(C)C)N(C(=O)O)C(C)(C)C)CC1. The van der Waals surface area contributed by atoms with Gasteiger partial charge in [0.15, 0.2) is 5.82 Å². The molecule has 39 heavy (non-hydrogen) atoms. The molecule has 1 aromatic heterocycles. The molecule has 0 unspecified atom stereocenters. The first-order chi connectivity index (χ1) is 17.9. The number of benzene rings is 1. The first-order valence-corrected chi connectivity index (χ1v) is 19.9. The van der Waals surface area contributed by atoms with E-state index in [1.54, 1.807) is 6.07 Å². The van der Waals surface area contributed by atoms with Gasteiger partial charge in [-0.15, -0.1) is 0 Å². The molecule has 0 radical (unpaired) electrons. The highest BCUT2D eigenvalue weighted by Gasteiger charge is 2.42. The number of rotatable bonds is 9. The second-order valence-corrected chi connectivity index (χ2v) is 21.7. The summed E-state index contributed by atoms with van der Waals surface area (Å²) in [6.07, 6.45) is 5.62. The van der Waals surface area contributed by atoms with Gasteiger partial charge in [-0.2, -0.15) is 4.36 Å². The van der Waals surface area contributed by atoms with Crippen LogP contribution in [0.5, 0.6) is 0 Å².